The Hall–Kier alpha value is -1.88. The molecule has 1 aromatic carbocycles. The van der Waals surface area contributed by atoms with Gasteiger partial charge < -0.3 is 15.7 Å². The highest BCUT2D eigenvalue weighted by atomic mass is 16.4. The van der Waals surface area contributed by atoms with Crippen LogP contribution in [0.5, 0.6) is 0 Å². The summed E-state index contributed by atoms with van der Waals surface area (Å²) in [6.45, 7) is 2.88. The molecular weight excluding hydrogens is 268 g/mol. The maximum atomic E-state index is 12.3. The van der Waals surface area contributed by atoms with Crippen LogP contribution in [0.2, 0.25) is 0 Å². The largest absolute Gasteiger partial charge is 0.481 e. The van der Waals surface area contributed by atoms with Gasteiger partial charge in [0.25, 0.3) is 0 Å². The van der Waals surface area contributed by atoms with E-state index >= 15 is 0 Å². The van der Waals surface area contributed by atoms with Crippen molar-refractivity contribution in [2.24, 2.45) is 5.92 Å². The van der Waals surface area contributed by atoms with E-state index < -0.39 is 11.9 Å². The molecule has 3 N–H and O–H groups in total. The van der Waals surface area contributed by atoms with E-state index in [0.717, 1.165) is 24.9 Å². The normalized spacial score (nSPS) is 18.6. The fraction of sp³-hybridized carbons (Fsp3) is 0.500. The molecule has 0 bridgehead atoms. The van der Waals surface area contributed by atoms with E-state index in [1.54, 1.807) is 0 Å². The van der Waals surface area contributed by atoms with Crippen LogP contribution in [-0.2, 0) is 16.0 Å². The van der Waals surface area contributed by atoms with Crippen LogP contribution < -0.4 is 10.6 Å². The van der Waals surface area contributed by atoms with Crippen molar-refractivity contribution in [1.29, 1.82) is 0 Å². The number of amides is 1. The van der Waals surface area contributed by atoms with E-state index in [4.69, 9.17) is 5.11 Å². The number of carbonyl (C=O) groups excluding carboxylic acids is 1. The molecule has 5 heteroatoms. The highest BCUT2D eigenvalue weighted by Crippen LogP contribution is 2.22. The predicted molar refractivity (Wildman–Crippen MR) is 79.9 cm³/mol. The number of benzene rings is 1. The number of carboxylic acids is 1. The minimum atomic E-state index is -0.853. The maximum absolute atomic E-state index is 12.3. The van der Waals surface area contributed by atoms with Gasteiger partial charge >= 0.3 is 5.97 Å². The van der Waals surface area contributed by atoms with Crippen LogP contribution in [0.15, 0.2) is 24.3 Å². The first-order chi connectivity index (χ1) is 10.1. The molecule has 1 heterocycles. The first-order valence-corrected chi connectivity index (χ1v) is 7.45. The molecule has 0 aliphatic carbocycles. The molecule has 0 saturated carbocycles. The molecule has 1 aliphatic rings. The van der Waals surface area contributed by atoms with E-state index in [-0.39, 0.29) is 18.5 Å². The highest BCUT2D eigenvalue weighted by Gasteiger charge is 2.26. The number of rotatable bonds is 6. The molecule has 0 aromatic heterocycles. The summed E-state index contributed by atoms with van der Waals surface area (Å²) >= 11 is 0. The number of carbonyl (C=O) groups is 2. The van der Waals surface area contributed by atoms with Gasteiger partial charge in [-0.3, -0.25) is 9.59 Å². The minimum absolute atomic E-state index is 0.149. The smallest absolute Gasteiger partial charge is 0.308 e. The predicted octanol–water partition coefficient (Wildman–Crippen LogP) is 1.49. The van der Waals surface area contributed by atoms with Crippen molar-refractivity contribution in [3.63, 3.8) is 0 Å². The van der Waals surface area contributed by atoms with Crippen molar-refractivity contribution in [2.45, 2.75) is 32.2 Å². The summed E-state index contributed by atoms with van der Waals surface area (Å²) in [6, 6.07) is 7.50. The Morgan fingerprint density at radius 2 is 2.19 bits per heavy atom. The zero-order valence-electron chi connectivity index (χ0n) is 12.3. The molecule has 2 atom stereocenters. The molecule has 21 heavy (non-hydrogen) atoms. The van der Waals surface area contributed by atoms with Crippen molar-refractivity contribution in [1.82, 2.24) is 10.6 Å². The van der Waals surface area contributed by atoms with Gasteiger partial charge in [0.1, 0.15) is 6.04 Å². The van der Waals surface area contributed by atoms with E-state index in [1.165, 1.54) is 5.56 Å². The summed E-state index contributed by atoms with van der Waals surface area (Å²) in [4.78, 5) is 23.4. The molecule has 0 spiro atoms. The summed E-state index contributed by atoms with van der Waals surface area (Å²) < 4.78 is 0. The lowest BCUT2D eigenvalue weighted by Gasteiger charge is -2.26. The Morgan fingerprint density at radius 3 is 2.90 bits per heavy atom. The van der Waals surface area contributed by atoms with Gasteiger partial charge in [-0.2, -0.15) is 0 Å². The second-order valence-corrected chi connectivity index (χ2v) is 5.40. The summed E-state index contributed by atoms with van der Waals surface area (Å²) in [7, 11) is 0. The molecule has 0 fully saturated rings. The standard InChI is InChI=1S/C16H22N2O3/c1-2-5-12(16(20)21)10-18-15(19)14-13-7-4-3-6-11(13)8-9-17-14/h3-4,6-7,12,14,17H,2,5,8-10H2,1H3,(H,18,19)(H,20,21). The molecule has 1 aromatic rings. The number of hydrogen-bond acceptors (Lipinski definition) is 3. The Labute approximate surface area is 124 Å². The fourth-order valence-corrected chi connectivity index (χ4v) is 2.73. The second-order valence-electron chi connectivity index (χ2n) is 5.40. The van der Waals surface area contributed by atoms with Gasteiger partial charge in [-0.1, -0.05) is 37.6 Å². The van der Waals surface area contributed by atoms with Crippen LogP contribution in [0, 0.1) is 5.92 Å². The quantitative estimate of drug-likeness (QED) is 0.742. The molecule has 114 valence electrons. The van der Waals surface area contributed by atoms with Crippen molar-refractivity contribution in [3.05, 3.63) is 35.4 Å². The Balaban J connectivity index is 2.00. The molecule has 0 saturated heterocycles. The molecule has 2 rings (SSSR count). The van der Waals surface area contributed by atoms with Crippen LogP contribution in [-0.4, -0.2) is 30.1 Å². The van der Waals surface area contributed by atoms with Crippen LogP contribution in [0.25, 0.3) is 0 Å². The number of carboxylic acid groups (broad SMARTS) is 1. The SMILES string of the molecule is CCCC(CNC(=O)C1NCCc2ccccc21)C(=O)O. The average Bonchev–Trinajstić information content (AvgIpc) is 2.50. The molecule has 0 radical (unpaired) electrons. The number of fused-ring (bicyclic) bond motifs is 1. The fourth-order valence-electron chi connectivity index (χ4n) is 2.73. The van der Waals surface area contributed by atoms with Gasteiger partial charge in [0.2, 0.25) is 5.91 Å². The first-order valence-electron chi connectivity index (χ1n) is 7.45. The van der Waals surface area contributed by atoms with Crippen molar-refractivity contribution in [3.8, 4) is 0 Å². The molecule has 5 nitrogen and oxygen atoms in total. The highest BCUT2D eigenvalue weighted by molar-refractivity contribution is 5.84. The number of hydrogen-bond donors (Lipinski definition) is 3. The zero-order chi connectivity index (χ0) is 15.2. The Morgan fingerprint density at radius 1 is 1.43 bits per heavy atom. The van der Waals surface area contributed by atoms with E-state index in [9.17, 15) is 9.59 Å². The molecular formula is C16H22N2O3. The zero-order valence-corrected chi connectivity index (χ0v) is 12.3. The summed E-state index contributed by atoms with van der Waals surface area (Å²) in [5.74, 6) is -1.52. The van der Waals surface area contributed by atoms with E-state index in [0.29, 0.717) is 6.42 Å². The summed E-state index contributed by atoms with van der Waals surface area (Å²) in [6.07, 6.45) is 2.27. The molecule has 1 aliphatic heterocycles. The maximum Gasteiger partial charge on any atom is 0.308 e. The summed E-state index contributed by atoms with van der Waals surface area (Å²) in [5.41, 5.74) is 2.17. The molecule has 1 amide bonds. The van der Waals surface area contributed by atoms with Gasteiger partial charge in [0.15, 0.2) is 0 Å². The van der Waals surface area contributed by atoms with Crippen LogP contribution in [0.3, 0.4) is 0 Å². The van der Waals surface area contributed by atoms with Gasteiger partial charge in [-0.05, 0) is 24.0 Å². The summed E-state index contributed by atoms with van der Waals surface area (Å²) in [5, 5.41) is 15.1. The lowest BCUT2D eigenvalue weighted by atomic mass is 9.93. The van der Waals surface area contributed by atoms with Crippen molar-refractivity contribution in [2.75, 3.05) is 13.1 Å². The van der Waals surface area contributed by atoms with Crippen molar-refractivity contribution < 1.29 is 14.7 Å². The number of nitrogens with one attached hydrogen (secondary N) is 2. The van der Waals surface area contributed by atoms with E-state index in [1.807, 2.05) is 31.2 Å². The van der Waals surface area contributed by atoms with Crippen LogP contribution >= 0.6 is 0 Å². The van der Waals surface area contributed by atoms with Gasteiger partial charge in [0.05, 0.1) is 5.92 Å². The monoisotopic (exact) mass is 290 g/mol. The topological polar surface area (TPSA) is 78.4 Å². The lowest BCUT2D eigenvalue weighted by molar-refractivity contribution is -0.142. The average molecular weight is 290 g/mol. The van der Waals surface area contributed by atoms with Crippen LogP contribution in [0.1, 0.15) is 36.9 Å². The van der Waals surface area contributed by atoms with E-state index in [2.05, 4.69) is 10.6 Å². The van der Waals surface area contributed by atoms with Crippen LogP contribution in [0.4, 0.5) is 0 Å². The Bertz CT molecular complexity index is 516. The number of aliphatic carboxylic acids is 1. The Kier molecular flexibility index (Phi) is 5.33. The third kappa shape index (κ3) is 3.82. The lowest BCUT2D eigenvalue weighted by Crippen LogP contribution is -2.43. The first kappa shape index (κ1) is 15.5. The third-order valence-electron chi connectivity index (χ3n) is 3.88. The van der Waals surface area contributed by atoms with Crippen molar-refractivity contribution >= 4 is 11.9 Å². The van der Waals surface area contributed by atoms with Gasteiger partial charge in [0, 0.05) is 13.1 Å². The minimum Gasteiger partial charge on any atom is -0.481 e. The van der Waals surface area contributed by atoms with Gasteiger partial charge in [-0.25, -0.2) is 0 Å². The molecule has 2 unspecified atom stereocenters. The third-order valence-corrected chi connectivity index (χ3v) is 3.88. The van der Waals surface area contributed by atoms with Gasteiger partial charge in [-0.15, -0.1) is 0 Å². The second kappa shape index (κ2) is 7.22.